The number of nitrogens with zero attached hydrogens (tertiary/aromatic N) is 2. The number of ether oxygens (including phenoxy) is 1. The van der Waals surface area contributed by atoms with Crippen LogP contribution in [0.25, 0.3) is 0 Å². The number of halogens is 7. The Morgan fingerprint density at radius 2 is 2.10 bits per heavy atom. The van der Waals surface area contributed by atoms with Gasteiger partial charge in [-0.1, -0.05) is 11.6 Å². The summed E-state index contributed by atoms with van der Waals surface area (Å²) in [6, 6.07) is 0.578. The number of alkyl halides is 5. The number of carbonyl (C=O) groups is 1. The Labute approximate surface area is 177 Å². The van der Waals surface area contributed by atoms with Gasteiger partial charge in [0.25, 0.3) is 12.3 Å². The van der Waals surface area contributed by atoms with Gasteiger partial charge in [-0.05, 0) is 24.6 Å². The maximum Gasteiger partial charge on any atom is 0.417 e. The highest BCUT2D eigenvalue weighted by molar-refractivity contribution is 6.33. The summed E-state index contributed by atoms with van der Waals surface area (Å²) in [6.07, 6.45) is -4.49. The third kappa shape index (κ3) is 7.55. The third-order valence-electron chi connectivity index (χ3n) is 3.97. The molecule has 31 heavy (non-hydrogen) atoms. The normalized spacial score (nSPS) is 17.4. The molecule has 0 radical (unpaired) electrons. The van der Waals surface area contributed by atoms with Crippen LogP contribution in [0.2, 0.25) is 5.02 Å². The number of rotatable bonds is 8. The van der Waals surface area contributed by atoms with Gasteiger partial charge in [-0.3, -0.25) is 9.79 Å². The first-order valence-electron chi connectivity index (χ1n) is 8.72. The highest BCUT2D eigenvalue weighted by Gasteiger charge is 2.32. The van der Waals surface area contributed by atoms with Gasteiger partial charge in [-0.2, -0.15) is 13.2 Å². The standard InChI is InChI=1S/C18H17ClF6N4O2/c19-12-4-10(18(23,24)25)6-28-16(12)17(30)29-11-1-2-13(20)9(3-11)5-27-15(26)8-31-7-14(21)22/h1-2,4,6,9,14H,3,5,7-8H2,(H2,26,27)(H,29,30). The molecule has 1 atom stereocenters. The maximum atomic E-state index is 14.0. The van der Waals surface area contributed by atoms with Gasteiger partial charge >= 0.3 is 6.18 Å². The van der Waals surface area contributed by atoms with Crippen molar-refractivity contribution in [3.63, 3.8) is 0 Å². The molecule has 1 heterocycles. The molecule has 0 fully saturated rings. The molecule has 0 saturated heterocycles. The van der Waals surface area contributed by atoms with Crippen LogP contribution in [0, 0.1) is 5.92 Å². The molecule has 1 aliphatic rings. The summed E-state index contributed by atoms with van der Waals surface area (Å²) >= 11 is 5.74. The van der Waals surface area contributed by atoms with Crippen LogP contribution in [-0.4, -0.2) is 42.9 Å². The predicted octanol–water partition coefficient (Wildman–Crippen LogP) is 3.88. The Morgan fingerprint density at radius 3 is 2.71 bits per heavy atom. The van der Waals surface area contributed by atoms with Gasteiger partial charge in [-0.15, -0.1) is 0 Å². The molecule has 170 valence electrons. The smallest absolute Gasteiger partial charge is 0.386 e. The number of nitrogens with one attached hydrogen (secondary N) is 1. The van der Waals surface area contributed by atoms with Crippen molar-refractivity contribution >= 4 is 23.3 Å². The molecule has 1 amide bonds. The lowest BCUT2D eigenvalue weighted by Crippen LogP contribution is -2.28. The number of allylic oxidation sites excluding steroid dienone is 3. The van der Waals surface area contributed by atoms with E-state index in [2.05, 4.69) is 20.0 Å². The van der Waals surface area contributed by atoms with Crippen molar-refractivity contribution < 1.29 is 35.9 Å². The average Bonchev–Trinajstić information content (AvgIpc) is 2.67. The second kappa shape index (κ2) is 10.6. The van der Waals surface area contributed by atoms with Gasteiger partial charge in [0.1, 0.15) is 30.6 Å². The molecule has 1 aliphatic carbocycles. The molecule has 0 aliphatic heterocycles. The van der Waals surface area contributed by atoms with Gasteiger partial charge in [-0.25, -0.2) is 18.2 Å². The van der Waals surface area contributed by atoms with Crippen molar-refractivity contribution in [1.82, 2.24) is 10.3 Å². The Hall–Kier alpha value is -2.60. The van der Waals surface area contributed by atoms with Crippen LogP contribution < -0.4 is 11.1 Å². The summed E-state index contributed by atoms with van der Waals surface area (Å²) in [6.45, 7) is -1.30. The summed E-state index contributed by atoms with van der Waals surface area (Å²) in [5.41, 5.74) is 4.23. The molecule has 0 saturated carbocycles. The number of amides is 1. The van der Waals surface area contributed by atoms with Crippen molar-refractivity contribution in [2.45, 2.75) is 19.0 Å². The molecule has 0 bridgehead atoms. The van der Waals surface area contributed by atoms with Crippen LogP contribution in [-0.2, 0) is 10.9 Å². The zero-order valence-electron chi connectivity index (χ0n) is 15.7. The molecule has 13 heteroatoms. The summed E-state index contributed by atoms with van der Waals surface area (Å²) in [4.78, 5) is 19.6. The lowest BCUT2D eigenvalue weighted by Gasteiger charge is -2.20. The molecule has 1 unspecified atom stereocenters. The second-order valence-electron chi connectivity index (χ2n) is 6.39. The third-order valence-corrected chi connectivity index (χ3v) is 4.25. The van der Waals surface area contributed by atoms with Crippen LogP contribution in [0.15, 0.2) is 40.9 Å². The fourth-order valence-corrected chi connectivity index (χ4v) is 2.73. The van der Waals surface area contributed by atoms with Crippen LogP contribution >= 0.6 is 11.6 Å². The number of aliphatic imine (C=N–C) groups is 1. The highest BCUT2D eigenvalue weighted by Crippen LogP contribution is 2.31. The van der Waals surface area contributed by atoms with Crippen molar-refractivity contribution in [2.75, 3.05) is 19.8 Å². The van der Waals surface area contributed by atoms with Gasteiger partial charge in [0, 0.05) is 17.8 Å². The first-order valence-corrected chi connectivity index (χ1v) is 9.10. The fraction of sp³-hybridized carbons (Fsp3) is 0.389. The molecular formula is C18H17ClF6N4O2. The van der Waals surface area contributed by atoms with E-state index < -0.39 is 53.1 Å². The number of hydrogen-bond donors (Lipinski definition) is 2. The van der Waals surface area contributed by atoms with Crippen LogP contribution in [0.1, 0.15) is 22.5 Å². The summed E-state index contributed by atoms with van der Waals surface area (Å²) in [5.74, 6) is -2.32. The second-order valence-corrected chi connectivity index (χ2v) is 6.80. The van der Waals surface area contributed by atoms with E-state index in [4.69, 9.17) is 17.3 Å². The van der Waals surface area contributed by atoms with Crippen molar-refractivity contribution in [3.8, 4) is 0 Å². The molecule has 2 rings (SSSR count). The number of pyridine rings is 1. The Bertz CT molecular complexity index is 902. The van der Waals surface area contributed by atoms with E-state index in [-0.39, 0.29) is 31.1 Å². The largest absolute Gasteiger partial charge is 0.417 e. The lowest BCUT2D eigenvalue weighted by molar-refractivity contribution is -0.137. The molecule has 1 aromatic heterocycles. The molecule has 0 aromatic carbocycles. The molecule has 3 N–H and O–H groups in total. The van der Waals surface area contributed by atoms with Crippen molar-refractivity contribution in [1.29, 1.82) is 0 Å². The van der Waals surface area contributed by atoms with E-state index in [1.54, 1.807) is 0 Å². The highest BCUT2D eigenvalue weighted by atomic mass is 35.5. The maximum absolute atomic E-state index is 14.0. The fourth-order valence-electron chi connectivity index (χ4n) is 2.48. The minimum atomic E-state index is -4.67. The monoisotopic (exact) mass is 470 g/mol. The van der Waals surface area contributed by atoms with Crippen molar-refractivity contribution in [3.05, 3.63) is 52.2 Å². The van der Waals surface area contributed by atoms with E-state index in [9.17, 15) is 31.1 Å². The Balaban J connectivity index is 1.98. The Kier molecular flexibility index (Phi) is 8.45. The molecule has 6 nitrogen and oxygen atoms in total. The number of hydrogen-bond acceptors (Lipinski definition) is 4. The quantitative estimate of drug-likeness (QED) is 0.343. The van der Waals surface area contributed by atoms with Crippen LogP contribution in [0.4, 0.5) is 26.3 Å². The molecule has 0 spiro atoms. The van der Waals surface area contributed by atoms with Crippen LogP contribution in [0.3, 0.4) is 0 Å². The van der Waals surface area contributed by atoms with Gasteiger partial charge in [0.2, 0.25) is 0 Å². The first-order chi connectivity index (χ1) is 14.5. The van der Waals surface area contributed by atoms with Gasteiger partial charge in [0.05, 0.1) is 17.1 Å². The summed E-state index contributed by atoms with van der Waals surface area (Å²) in [5, 5.41) is 1.92. The number of carbonyl (C=O) groups excluding carboxylic acids is 1. The van der Waals surface area contributed by atoms with E-state index in [0.29, 0.717) is 12.3 Å². The van der Waals surface area contributed by atoms with E-state index in [1.165, 1.54) is 6.08 Å². The minimum Gasteiger partial charge on any atom is -0.386 e. The number of nitrogens with two attached hydrogens (primary N) is 1. The zero-order chi connectivity index (χ0) is 23.2. The van der Waals surface area contributed by atoms with Gasteiger partial charge in [0.15, 0.2) is 0 Å². The average molecular weight is 471 g/mol. The molecular weight excluding hydrogens is 454 g/mol. The van der Waals surface area contributed by atoms with E-state index >= 15 is 0 Å². The van der Waals surface area contributed by atoms with Crippen molar-refractivity contribution in [2.24, 2.45) is 16.6 Å². The minimum absolute atomic E-state index is 0.0129. The lowest BCUT2D eigenvalue weighted by atomic mass is 9.97. The number of aromatic nitrogens is 1. The van der Waals surface area contributed by atoms with E-state index in [0.717, 1.165) is 6.08 Å². The summed E-state index contributed by atoms with van der Waals surface area (Å²) in [7, 11) is 0. The number of amidine groups is 1. The zero-order valence-corrected chi connectivity index (χ0v) is 16.5. The first kappa shape index (κ1) is 24.7. The molecule has 1 aromatic rings. The van der Waals surface area contributed by atoms with Crippen LogP contribution in [0.5, 0.6) is 0 Å². The summed E-state index contributed by atoms with van der Waals surface area (Å²) < 4.78 is 80.7. The predicted molar refractivity (Wildman–Crippen MR) is 100 cm³/mol. The Morgan fingerprint density at radius 1 is 1.39 bits per heavy atom. The van der Waals surface area contributed by atoms with Gasteiger partial charge < -0.3 is 15.8 Å². The topological polar surface area (TPSA) is 89.6 Å². The SMILES string of the molecule is N/C(COCC(F)F)=N/CC1CC(NC(=O)c2ncc(C(F)(F)F)cc2Cl)=CC=C1F. The van der Waals surface area contributed by atoms with E-state index in [1.807, 2.05) is 0 Å².